The maximum absolute atomic E-state index is 12.6. The predicted octanol–water partition coefficient (Wildman–Crippen LogP) is 4.41. The number of aryl methyl sites for hydroxylation is 1. The fourth-order valence-corrected chi connectivity index (χ4v) is 4.42. The van der Waals surface area contributed by atoms with E-state index in [4.69, 9.17) is 9.73 Å². The molecule has 1 unspecified atom stereocenters. The van der Waals surface area contributed by atoms with Gasteiger partial charge in [0.15, 0.2) is 12.0 Å². The molecule has 0 radical (unpaired) electrons. The van der Waals surface area contributed by atoms with Crippen molar-refractivity contribution in [3.8, 4) is 5.69 Å². The highest BCUT2D eigenvalue weighted by molar-refractivity contribution is 7.12. The molecule has 154 valence electrons. The molecule has 7 nitrogen and oxygen atoms in total. The Hall–Kier alpha value is -3.78. The van der Waals surface area contributed by atoms with Gasteiger partial charge in [-0.2, -0.15) is 0 Å². The smallest absolute Gasteiger partial charge is 0.409 e. The van der Waals surface area contributed by atoms with Crippen LogP contribution in [-0.2, 0) is 11.3 Å². The minimum absolute atomic E-state index is 0.174. The third-order valence-electron chi connectivity index (χ3n) is 4.97. The Labute approximate surface area is 183 Å². The van der Waals surface area contributed by atoms with E-state index in [1.807, 2.05) is 83.6 Å². The fourth-order valence-electron chi connectivity index (χ4n) is 3.53. The Morgan fingerprint density at radius 3 is 2.58 bits per heavy atom. The van der Waals surface area contributed by atoms with E-state index in [2.05, 4.69) is 15.5 Å². The number of carbonyl (C=O) groups excluding carboxylic acids is 1. The second kappa shape index (κ2) is 8.16. The maximum atomic E-state index is 12.6. The molecule has 1 amide bonds. The van der Waals surface area contributed by atoms with Gasteiger partial charge in [-0.15, -0.1) is 21.5 Å². The largest absolute Gasteiger partial charge is 0.445 e. The molecule has 4 aromatic rings. The standard InChI is InChI=1S/C23H19N5O2S/c1-15-26-27-22-21(25-23(29)30-14-16-8-4-2-5-9-16)24-19(17-10-6-3-7-11-17)20-18(28(15)22)12-13-31-20/h2-13,21H,14H2,1H3,(H,25,29). The first-order valence-electron chi connectivity index (χ1n) is 9.81. The van der Waals surface area contributed by atoms with E-state index in [-0.39, 0.29) is 6.61 Å². The van der Waals surface area contributed by atoms with E-state index in [0.717, 1.165) is 33.2 Å². The van der Waals surface area contributed by atoms with E-state index in [9.17, 15) is 4.79 Å². The van der Waals surface area contributed by atoms with Crippen LogP contribution in [0.15, 0.2) is 77.1 Å². The minimum atomic E-state index is -0.737. The first-order valence-corrected chi connectivity index (χ1v) is 10.7. The number of hydrogen-bond donors (Lipinski definition) is 1. The van der Waals surface area contributed by atoms with Crippen molar-refractivity contribution >= 4 is 23.1 Å². The van der Waals surface area contributed by atoms with Crippen molar-refractivity contribution in [1.29, 1.82) is 0 Å². The molecule has 2 aromatic heterocycles. The number of nitrogens with zero attached hydrogens (tertiary/aromatic N) is 4. The summed E-state index contributed by atoms with van der Waals surface area (Å²) in [7, 11) is 0. The molecule has 31 heavy (non-hydrogen) atoms. The van der Waals surface area contributed by atoms with Gasteiger partial charge in [-0.25, -0.2) is 4.79 Å². The molecule has 1 atom stereocenters. The van der Waals surface area contributed by atoms with Crippen molar-refractivity contribution in [1.82, 2.24) is 20.1 Å². The summed E-state index contributed by atoms with van der Waals surface area (Å²) in [5.74, 6) is 1.27. The van der Waals surface area contributed by atoms with Crippen LogP contribution < -0.4 is 5.32 Å². The zero-order valence-electron chi connectivity index (χ0n) is 16.7. The number of ether oxygens (including phenoxy) is 1. The van der Waals surface area contributed by atoms with Crippen LogP contribution in [0, 0.1) is 6.92 Å². The number of fused-ring (bicyclic) bond motifs is 3. The number of hydrogen-bond acceptors (Lipinski definition) is 6. The summed E-state index contributed by atoms with van der Waals surface area (Å²) in [6.07, 6.45) is -1.30. The molecule has 0 bridgehead atoms. The molecule has 0 saturated carbocycles. The Balaban J connectivity index is 1.50. The van der Waals surface area contributed by atoms with Crippen molar-refractivity contribution < 1.29 is 9.53 Å². The first-order chi connectivity index (χ1) is 15.2. The van der Waals surface area contributed by atoms with Crippen LogP contribution in [0.25, 0.3) is 5.69 Å². The summed E-state index contributed by atoms with van der Waals surface area (Å²) in [6.45, 7) is 2.06. The lowest BCUT2D eigenvalue weighted by Crippen LogP contribution is -2.30. The fraction of sp³-hybridized carbons (Fsp3) is 0.130. The number of amides is 1. The molecule has 8 heteroatoms. The summed E-state index contributed by atoms with van der Waals surface area (Å²) >= 11 is 1.59. The Kier molecular flexibility index (Phi) is 5.05. The van der Waals surface area contributed by atoms with Crippen molar-refractivity contribution in [3.05, 3.63) is 99.8 Å². The molecule has 1 aliphatic heterocycles. The highest BCUT2D eigenvalue weighted by atomic mass is 32.1. The van der Waals surface area contributed by atoms with Crippen molar-refractivity contribution in [2.24, 2.45) is 4.99 Å². The number of aromatic nitrogens is 3. The average Bonchev–Trinajstić information content (AvgIpc) is 3.40. The maximum Gasteiger partial charge on any atom is 0.409 e. The number of carbonyl (C=O) groups is 1. The van der Waals surface area contributed by atoms with Gasteiger partial charge in [0.1, 0.15) is 12.4 Å². The Bertz CT molecular complexity index is 1250. The molecule has 1 aliphatic rings. The summed E-state index contributed by atoms with van der Waals surface area (Å²) < 4.78 is 7.36. The van der Waals surface area contributed by atoms with Crippen LogP contribution in [0.1, 0.15) is 33.8 Å². The molecule has 0 fully saturated rings. The Morgan fingerprint density at radius 2 is 1.81 bits per heavy atom. The topological polar surface area (TPSA) is 81.4 Å². The molecule has 0 saturated heterocycles. The van der Waals surface area contributed by atoms with Crippen molar-refractivity contribution in [2.45, 2.75) is 19.7 Å². The van der Waals surface area contributed by atoms with Crippen LogP contribution in [-0.4, -0.2) is 26.6 Å². The second-order valence-electron chi connectivity index (χ2n) is 7.03. The molecule has 2 aromatic carbocycles. The lowest BCUT2D eigenvalue weighted by atomic mass is 10.1. The number of alkyl carbamates (subject to hydrolysis) is 1. The van der Waals surface area contributed by atoms with E-state index >= 15 is 0 Å². The predicted molar refractivity (Wildman–Crippen MR) is 119 cm³/mol. The summed E-state index contributed by atoms with van der Waals surface area (Å²) in [4.78, 5) is 18.5. The number of benzene rings is 2. The van der Waals surface area contributed by atoms with Crippen LogP contribution in [0.3, 0.4) is 0 Å². The number of thiophene rings is 1. The van der Waals surface area contributed by atoms with Gasteiger partial charge in [0.05, 0.1) is 16.3 Å². The van der Waals surface area contributed by atoms with Gasteiger partial charge in [-0.1, -0.05) is 60.7 Å². The molecule has 0 aliphatic carbocycles. The highest BCUT2D eigenvalue weighted by Gasteiger charge is 2.30. The second-order valence-corrected chi connectivity index (χ2v) is 7.94. The SMILES string of the molecule is Cc1nnc2n1-c1ccsc1C(c1ccccc1)=NC2NC(=O)OCc1ccccc1. The quantitative estimate of drug-likeness (QED) is 0.521. The molecule has 5 rings (SSSR count). The first kappa shape index (κ1) is 19.2. The number of aliphatic imine (C=N–C) groups is 1. The van der Waals surface area contributed by atoms with Gasteiger partial charge in [0, 0.05) is 5.56 Å². The lowest BCUT2D eigenvalue weighted by Gasteiger charge is -2.14. The van der Waals surface area contributed by atoms with Gasteiger partial charge in [-0.3, -0.25) is 14.9 Å². The zero-order valence-corrected chi connectivity index (χ0v) is 17.5. The van der Waals surface area contributed by atoms with Crippen LogP contribution in [0.4, 0.5) is 4.79 Å². The zero-order chi connectivity index (χ0) is 21.2. The summed E-state index contributed by atoms with van der Waals surface area (Å²) in [5.41, 5.74) is 3.62. The van der Waals surface area contributed by atoms with Gasteiger partial charge in [-0.05, 0) is 23.9 Å². The third kappa shape index (κ3) is 3.73. The third-order valence-corrected chi connectivity index (χ3v) is 5.88. The van der Waals surface area contributed by atoms with Crippen LogP contribution in [0.5, 0.6) is 0 Å². The normalized spacial score (nSPS) is 14.7. The molecule has 0 spiro atoms. The monoisotopic (exact) mass is 429 g/mol. The summed E-state index contributed by atoms with van der Waals surface area (Å²) in [5, 5.41) is 13.4. The van der Waals surface area contributed by atoms with Crippen molar-refractivity contribution in [3.63, 3.8) is 0 Å². The highest BCUT2D eigenvalue weighted by Crippen LogP contribution is 2.32. The molecule has 1 N–H and O–H groups in total. The van der Waals surface area contributed by atoms with Crippen molar-refractivity contribution in [2.75, 3.05) is 0 Å². The number of nitrogens with one attached hydrogen (secondary N) is 1. The van der Waals surface area contributed by atoms with Crippen LogP contribution >= 0.6 is 11.3 Å². The van der Waals surface area contributed by atoms with E-state index in [1.165, 1.54) is 0 Å². The molecular formula is C23H19N5O2S. The average molecular weight is 430 g/mol. The van der Waals surface area contributed by atoms with E-state index in [1.54, 1.807) is 11.3 Å². The minimum Gasteiger partial charge on any atom is -0.445 e. The Morgan fingerprint density at radius 1 is 1.06 bits per heavy atom. The molecular weight excluding hydrogens is 410 g/mol. The van der Waals surface area contributed by atoms with Gasteiger partial charge in [0.25, 0.3) is 0 Å². The van der Waals surface area contributed by atoms with Crippen LogP contribution in [0.2, 0.25) is 0 Å². The number of rotatable bonds is 4. The van der Waals surface area contributed by atoms with E-state index < -0.39 is 12.3 Å². The van der Waals surface area contributed by atoms with Gasteiger partial charge >= 0.3 is 6.09 Å². The molecule has 3 heterocycles. The lowest BCUT2D eigenvalue weighted by molar-refractivity contribution is 0.135. The van der Waals surface area contributed by atoms with Gasteiger partial charge < -0.3 is 4.74 Å². The van der Waals surface area contributed by atoms with Gasteiger partial charge in [0.2, 0.25) is 0 Å². The van der Waals surface area contributed by atoms with E-state index in [0.29, 0.717) is 5.82 Å². The summed E-state index contributed by atoms with van der Waals surface area (Å²) in [6, 6.07) is 21.5.